The summed E-state index contributed by atoms with van der Waals surface area (Å²) >= 11 is 5.55. The average molecular weight is 280 g/mol. The van der Waals surface area contributed by atoms with Gasteiger partial charge in [-0.2, -0.15) is 0 Å². The lowest BCUT2D eigenvalue weighted by atomic mass is 10.2. The molecule has 0 fully saturated rings. The van der Waals surface area contributed by atoms with Crippen LogP contribution in [0.25, 0.3) is 0 Å². The molecule has 2 N–H and O–H groups in total. The van der Waals surface area contributed by atoms with E-state index in [9.17, 15) is 9.18 Å². The standard InChI is InChI=1S/C14H11ClFNO2/c15-12-5-4-10(7-13(12)16)14(19)17-11-3-1-2-9(6-11)8-18/h1-7,18H,8H2,(H,17,19). The number of rotatable bonds is 3. The predicted octanol–water partition coefficient (Wildman–Crippen LogP) is 3.22. The molecule has 0 saturated heterocycles. The van der Waals surface area contributed by atoms with Crippen molar-refractivity contribution in [1.29, 1.82) is 0 Å². The molecule has 0 aliphatic heterocycles. The minimum Gasteiger partial charge on any atom is -0.392 e. The fourth-order valence-electron chi connectivity index (χ4n) is 1.59. The lowest BCUT2D eigenvalue weighted by molar-refractivity contribution is 0.102. The van der Waals surface area contributed by atoms with E-state index in [1.807, 2.05) is 0 Å². The number of aliphatic hydroxyl groups is 1. The van der Waals surface area contributed by atoms with E-state index in [2.05, 4.69) is 5.32 Å². The zero-order valence-corrected chi connectivity index (χ0v) is 10.6. The Morgan fingerprint density at radius 3 is 2.74 bits per heavy atom. The van der Waals surface area contributed by atoms with Crippen LogP contribution in [0.15, 0.2) is 42.5 Å². The van der Waals surface area contributed by atoms with E-state index in [-0.39, 0.29) is 17.2 Å². The van der Waals surface area contributed by atoms with Gasteiger partial charge in [0.05, 0.1) is 11.6 Å². The van der Waals surface area contributed by atoms with Crippen LogP contribution in [0.2, 0.25) is 5.02 Å². The molecular weight excluding hydrogens is 269 g/mol. The van der Waals surface area contributed by atoms with Crippen LogP contribution in [-0.2, 0) is 6.61 Å². The number of halogens is 2. The van der Waals surface area contributed by atoms with E-state index in [4.69, 9.17) is 16.7 Å². The van der Waals surface area contributed by atoms with Crippen molar-refractivity contribution in [3.8, 4) is 0 Å². The van der Waals surface area contributed by atoms with E-state index in [1.165, 1.54) is 12.1 Å². The second kappa shape index (κ2) is 5.82. The predicted molar refractivity (Wildman–Crippen MR) is 71.7 cm³/mol. The highest BCUT2D eigenvalue weighted by Crippen LogP contribution is 2.17. The van der Waals surface area contributed by atoms with E-state index < -0.39 is 11.7 Å². The summed E-state index contributed by atoms with van der Waals surface area (Å²) in [6.07, 6.45) is 0. The summed E-state index contributed by atoms with van der Waals surface area (Å²) in [6, 6.07) is 10.6. The third-order valence-electron chi connectivity index (χ3n) is 2.55. The number of benzene rings is 2. The number of hydrogen-bond acceptors (Lipinski definition) is 2. The van der Waals surface area contributed by atoms with E-state index >= 15 is 0 Å². The minimum absolute atomic E-state index is 0.0289. The summed E-state index contributed by atoms with van der Waals surface area (Å²) in [6.45, 7) is -0.112. The molecule has 3 nitrogen and oxygen atoms in total. The lowest BCUT2D eigenvalue weighted by Crippen LogP contribution is -2.12. The molecule has 0 unspecified atom stereocenters. The molecule has 0 radical (unpaired) electrons. The minimum atomic E-state index is -0.640. The van der Waals surface area contributed by atoms with Crippen LogP contribution >= 0.6 is 11.6 Å². The Kier molecular flexibility index (Phi) is 4.14. The molecule has 0 aliphatic carbocycles. The summed E-state index contributed by atoms with van der Waals surface area (Å²) in [7, 11) is 0. The van der Waals surface area contributed by atoms with Crippen LogP contribution in [0, 0.1) is 5.82 Å². The summed E-state index contributed by atoms with van der Waals surface area (Å²) in [5, 5.41) is 11.6. The van der Waals surface area contributed by atoms with Gasteiger partial charge in [0.25, 0.3) is 5.91 Å². The van der Waals surface area contributed by atoms with Gasteiger partial charge in [0.2, 0.25) is 0 Å². The van der Waals surface area contributed by atoms with Crippen molar-refractivity contribution in [3.05, 3.63) is 64.4 Å². The van der Waals surface area contributed by atoms with Gasteiger partial charge in [-0.05, 0) is 35.9 Å². The average Bonchev–Trinajstić information content (AvgIpc) is 2.42. The first-order chi connectivity index (χ1) is 9.10. The Morgan fingerprint density at radius 2 is 2.05 bits per heavy atom. The number of hydrogen-bond donors (Lipinski definition) is 2. The Balaban J connectivity index is 2.18. The highest BCUT2D eigenvalue weighted by Gasteiger charge is 2.09. The number of carbonyl (C=O) groups excluding carboxylic acids is 1. The van der Waals surface area contributed by atoms with Gasteiger partial charge in [0.15, 0.2) is 0 Å². The zero-order valence-electron chi connectivity index (χ0n) is 9.86. The molecule has 1 amide bonds. The zero-order chi connectivity index (χ0) is 13.8. The van der Waals surface area contributed by atoms with Gasteiger partial charge >= 0.3 is 0 Å². The number of amides is 1. The number of aliphatic hydroxyl groups excluding tert-OH is 1. The number of anilines is 1. The molecular formula is C14H11ClFNO2. The molecule has 2 aromatic carbocycles. The molecule has 0 spiro atoms. The Morgan fingerprint density at radius 1 is 1.26 bits per heavy atom. The van der Waals surface area contributed by atoms with Crippen molar-refractivity contribution in [2.75, 3.05) is 5.32 Å². The van der Waals surface area contributed by atoms with Crippen LogP contribution in [0.3, 0.4) is 0 Å². The van der Waals surface area contributed by atoms with Gasteiger partial charge in [-0.15, -0.1) is 0 Å². The molecule has 19 heavy (non-hydrogen) atoms. The van der Waals surface area contributed by atoms with Gasteiger partial charge in [-0.3, -0.25) is 4.79 Å². The van der Waals surface area contributed by atoms with Gasteiger partial charge in [-0.25, -0.2) is 4.39 Å². The maximum Gasteiger partial charge on any atom is 0.255 e. The van der Waals surface area contributed by atoms with E-state index in [1.54, 1.807) is 24.3 Å². The van der Waals surface area contributed by atoms with E-state index in [0.29, 0.717) is 11.3 Å². The molecule has 5 heteroatoms. The topological polar surface area (TPSA) is 49.3 Å². The van der Waals surface area contributed by atoms with E-state index in [0.717, 1.165) is 6.07 Å². The molecule has 0 bridgehead atoms. The molecule has 2 rings (SSSR count). The maximum atomic E-state index is 13.3. The first-order valence-corrected chi connectivity index (χ1v) is 5.94. The van der Waals surface area contributed by atoms with Crippen LogP contribution < -0.4 is 5.32 Å². The summed E-state index contributed by atoms with van der Waals surface area (Å²) < 4.78 is 13.3. The molecule has 0 aromatic heterocycles. The molecule has 0 atom stereocenters. The first-order valence-electron chi connectivity index (χ1n) is 5.56. The van der Waals surface area contributed by atoms with Crippen molar-refractivity contribution in [3.63, 3.8) is 0 Å². The third kappa shape index (κ3) is 3.30. The summed E-state index contributed by atoms with van der Waals surface area (Å²) in [5.74, 6) is -1.08. The third-order valence-corrected chi connectivity index (χ3v) is 2.86. The highest BCUT2D eigenvalue weighted by atomic mass is 35.5. The number of nitrogens with one attached hydrogen (secondary N) is 1. The molecule has 98 valence electrons. The second-order valence-electron chi connectivity index (χ2n) is 3.94. The Hall–Kier alpha value is -1.91. The second-order valence-corrected chi connectivity index (χ2v) is 4.35. The Bertz CT molecular complexity index is 616. The highest BCUT2D eigenvalue weighted by molar-refractivity contribution is 6.30. The van der Waals surface area contributed by atoms with Gasteiger partial charge < -0.3 is 10.4 Å². The molecule has 0 saturated carbocycles. The largest absolute Gasteiger partial charge is 0.392 e. The normalized spacial score (nSPS) is 10.3. The van der Waals surface area contributed by atoms with Gasteiger partial charge in [-0.1, -0.05) is 23.7 Å². The summed E-state index contributed by atoms with van der Waals surface area (Å²) in [4.78, 5) is 11.9. The van der Waals surface area contributed by atoms with Crippen molar-refractivity contribution in [2.45, 2.75) is 6.61 Å². The summed E-state index contributed by atoms with van der Waals surface area (Å²) in [5.41, 5.74) is 1.39. The fourth-order valence-corrected chi connectivity index (χ4v) is 1.71. The van der Waals surface area contributed by atoms with Crippen LogP contribution in [0.4, 0.5) is 10.1 Å². The Labute approximate surface area is 114 Å². The number of carbonyl (C=O) groups is 1. The quantitative estimate of drug-likeness (QED) is 0.906. The van der Waals surface area contributed by atoms with Crippen LogP contribution in [0.1, 0.15) is 15.9 Å². The van der Waals surface area contributed by atoms with Gasteiger partial charge in [0.1, 0.15) is 5.82 Å². The smallest absolute Gasteiger partial charge is 0.255 e. The van der Waals surface area contributed by atoms with Crippen molar-refractivity contribution >= 4 is 23.2 Å². The van der Waals surface area contributed by atoms with Crippen LogP contribution in [0.5, 0.6) is 0 Å². The fraction of sp³-hybridized carbons (Fsp3) is 0.0714. The first kappa shape index (κ1) is 13.5. The van der Waals surface area contributed by atoms with Crippen molar-refractivity contribution in [2.24, 2.45) is 0 Å². The maximum absolute atomic E-state index is 13.3. The SMILES string of the molecule is O=C(Nc1cccc(CO)c1)c1ccc(Cl)c(F)c1. The molecule has 0 aliphatic rings. The monoisotopic (exact) mass is 279 g/mol. The lowest BCUT2D eigenvalue weighted by Gasteiger charge is -2.07. The van der Waals surface area contributed by atoms with Gasteiger partial charge in [0, 0.05) is 11.3 Å². The van der Waals surface area contributed by atoms with Crippen molar-refractivity contribution in [1.82, 2.24) is 0 Å². The molecule has 2 aromatic rings. The van der Waals surface area contributed by atoms with Crippen LogP contribution in [-0.4, -0.2) is 11.0 Å². The van der Waals surface area contributed by atoms with Crippen molar-refractivity contribution < 1.29 is 14.3 Å². The molecule has 0 heterocycles.